The lowest BCUT2D eigenvalue weighted by atomic mass is 10.2. The molecule has 0 saturated heterocycles. The van der Waals surface area contributed by atoms with Crippen LogP contribution in [-0.4, -0.2) is 28.5 Å². The van der Waals surface area contributed by atoms with Gasteiger partial charge in [-0.1, -0.05) is 0 Å². The summed E-state index contributed by atoms with van der Waals surface area (Å²) < 4.78 is 0. The van der Waals surface area contributed by atoms with Crippen LogP contribution in [0.25, 0.3) is 10.9 Å². The standard InChI is InChI=1S/C15H19N5O/c16-10-3-6-12-13(8-10)18-9-19-15(12)17-7-1-2-14(21)20-11-4-5-11/h3,6,8-9,11H,1-2,4-5,7,16H2,(H,20,21)(H,17,18,19). The lowest BCUT2D eigenvalue weighted by molar-refractivity contribution is -0.121. The van der Waals surface area contributed by atoms with Gasteiger partial charge in [-0.3, -0.25) is 4.79 Å². The van der Waals surface area contributed by atoms with Gasteiger partial charge in [0.2, 0.25) is 5.91 Å². The Morgan fingerprint density at radius 1 is 1.33 bits per heavy atom. The molecule has 0 unspecified atom stereocenters. The number of amides is 1. The van der Waals surface area contributed by atoms with E-state index in [0.29, 0.717) is 24.7 Å². The minimum absolute atomic E-state index is 0.139. The third-order valence-electron chi connectivity index (χ3n) is 3.48. The fourth-order valence-corrected chi connectivity index (χ4v) is 2.20. The molecule has 1 fully saturated rings. The molecule has 3 rings (SSSR count). The van der Waals surface area contributed by atoms with E-state index < -0.39 is 0 Å². The Kier molecular flexibility index (Phi) is 3.85. The van der Waals surface area contributed by atoms with Crippen molar-refractivity contribution in [2.45, 2.75) is 31.7 Å². The van der Waals surface area contributed by atoms with E-state index in [4.69, 9.17) is 5.73 Å². The number of nitrogens with two attached hydrogens (primary N) is 1. The first-order valence-corrected chi connectivity index (χ1v) is 7.26. The highest BCUT2D eigenvalue weighted by atomic mass is 16.1. The Morgan fingerprint density at radius 3 is 3.00 bits per heavy atom. The van der Waals surface area contributed by atoms with Gasteiger partial charge in [0.15, 0.2) is 0 Å². The molecule has 1 saturated carbocycles. The van der Waals surface area contributed by atoms with Gasteiger partial charge in [-0.25, -0.2) is 9.97 Å². The highest BCUT2D eigenvalue weighted by Crippen LogP contribution is 2.21. The van der Waals surface area contributed by atoms with Crippen LogP contribution in [0, 0.1) is 0 Å². The molecule has 0 radical (unpaired) electrons. The van der Waals surface area contributed by atoms with Crippen molar-refractivity contribution in [2.24, 2.45) is 0 Å². The van der Waals surface area contributed by atoms with E-state index in [1.54, 1.807) is 0 Å². The van der Waals surface area contributed by atoms with E-state index in [2.05, 4.69) is 20.6 Å². The van der Waals surface area contributed by atoms with E-state index in [9.17, 15) is 4.79 Å². The second-order valence-electron chi connectivity index (χ2n) is 5.37. The zero-order valence-electron chi connectivity index (χ0n) is 11.8. The van der Waals surface area contributed by atoms with Crippen molar-refractivity contribution >= 4 is 28.3 Å². The summed E-state index contributed by atoms with van der Waals surface area (Å²) in [5.74, 6) is 0.919. The first-order valence-electron chi connectivity index (χ1n) is 7.26. The summed E-state index contributed by atoms with van der Waals surface area (Å²) >= 11 is 0. The number of benzene rings is 1. The van der Waals surface area contributed by atoms with Crippen LogP contribution in [0.4, 0.5) is 11.5 Å². The summed E-state index contributed by atoms with van der Waals surface area (Å²) in [6.07, 6.45) is 5.09. The molecule has 1 aromatic carbocycles. The van der Waals surface area contributed by atoms with Crippen molar-refractivity contribution in [3.8, 4) is 0 Å². The van der Waals surface area contributed by atoms with Gasteiger partial charge in [0, 0.05) is 30.1 Å². The third kappa shape index (κ3) is 3.59. The Bertz CT molecular complexity index is 654. The van der Waals surface area contributed by atoms with E-state index >= 15 is 0 Å². The molecule has 1 aromatic heterocycles. The smallest absolute Gasteiger partial charge is 0.220 e. The number of rotatable bonds is 6. The highest BCUT2D eigenvalue weighted by molar-refractivity contribution is 5.90. The fourth-order valence-electron chi connectivity index (χ4n) is 2.20. The quantitative estimate of drug-likeness (QED) is 0.554. The molecule has 0 atom stereocenters. The van der Waals surface area contributed by atoms with Crippen molar-refractivity contribution in [1.82, 2.24) is 15.3 Å². The highest BCUT2D eigenvalue weighted by Gasteiger charge is 2.22. The topological polar surface area (TPSA) is 92.9 Å². The molecule has 1 aliphatic carbocycles. The second-order valence-corrected chi connectivity index (χ2v) is 5.37. The Balaban J connectivity index is 1.54. The number of aromatic nitrogens is 2. The average molecular weight is 285 g/mol. The third-order valence-corrected chi connectivity index (χ3v) is 3.48. The first-order chi connectivity index (χ1) is 10.2. The molecule has 0 bridgehead atoms. The number of hydrogen-bond acceptors (Lipinski definition) is 5. The van der Waals surface area contributed by atoms with Crippen molar-refractivity contribution < 1.29 is 4.79 Å². The molecule has 21 heavy (non-hydrogen) atoms. The van der Waals surface area contributed by atoms with E-state index in [0.717, 1.165) is 36.0 Å². The summed E-state index contributed by atoms with van der Waals surface area (Å²) in [5, 5.41) is 7.18. The predicted octanol–water partition coefficient (Wildman–Crippen LogP) is 1.68. The lowest BCUT2D eigenvalue weighted by Gasteiger charge is -2.08. The number of nitrogens with zero attached hydrogens (tertiary/aromatic N) is 2. The van der Waals surface area contributed by atoms with Crippen LogP contribution in [-0.2, 0) is 4.79 Å². The van der Waals surface area contributed by atoms with Crippen molar-refractivity contribution in [2.75, 3.05) is 17.6 Å². The maximum atomic E-state index is 11.6. The summed E-state index contributed by atoms with van der Waals surface area (Å²) in [7, 11) is 0. The molecule has 1 amide bonds. The number of carbonyl (C=O) groups is 1. The van der Waals surface area contributed by atoms with Crippen molar-refractivity contribution in [1.29, 1.82) is 0 Å². The minimum atomic E-state index is 0.139. The van der Waals surface area contributed by atoms with Gasteiger partial charge in [0.1, 0.15) is 12.1 Å². The Morgan fingerprint density at radius 2 is 2.19 bits per heavy atom. The van der Waals surface area contributed by atoms with E-state index in [1.165, 1.54) is 6.33 Å². The van der Waals surface area contributed by atoms with Crippen LogP contribution in [0.3, 0.4) is 0 Å². The lowest BCUT2D eigenvalue weighted by Crippen LogP contribution is -2.25. The van der Waals surface area contributed by atoms with Gasteiger partial charge < -0.3 is 16.4 Å². The van der Waals surface area contributed by atoms with Gasteiger partial charge in [-0.05, 0) is 37.5 Å². The van der Waals surface area contributed by atoms with Crippen LogP contribution in [0.5, 0.6) is 0 Å². The van der Waals surface area contributed by atoms with E-state index in [1.807, 2.05) is 18.2 Å². The largest absolute Gasteiger partial charge is 0.399 e. The second kappa shape index (κ2) is 5.95. The molecule has 1 heterocycles. The molecular weight excluding hydrogens is 266 g/mol. The Labute approximate surface area is 123 Å². The van der Waals surface area contributed by atoms with Crippen LogP contribution < -0.4 is 16.4 Å². The zero-order chi connectivity index (χ0) is 14.7. The Hall–Kier alpha value is -2.37. The molecule has 110 valence electrons. The predicted molar refractivity (Wildman–Crippen MR) is 82.8 cm³/mol. The molecule has 0 spiro atoms. The van der Waals surface area contributed by atoms with Gasteiger partial charge in [0.05, 0.1) is 5.52 Å². The van der Waals surface area contributed by atoms with Gasteiger partial charge in [0.25, 0.3) is 0 Å². The van der Waals surface area contributed by atoms with Crippen molar-refractivity contribution in [3.05, 3.63) is 24.5 Å². The summed E-state index contributed by atoms with van der Waals surface area (Å²) in [5.41, 5.74) is 7.25. The SMILES string of the molecule is Nc1ccc2c(NCCCC(=O)NC3CC3)ncnc2c1. The molecule has 4 N–H and O–H groups in total. The summed E-state index contributed by atoms with van der Waals surface area (Å²) in [6.45, 7) is 0.703. The van der Waals surface area contributed by atoms with Gasteiger partial charge in [-0.2, -0.15) is 0 Å². The van der Waals surface area contributed by atoms with Crippen LogP contribution in [0.15, 0.2) is 24.5 Å². The maximum Gasteiger partial charge on any atom is 0.220 e. The number of anilines is 2. The van der Waals surface area contributed by atoms with Crippen molar-refractivity contribution in [3.63, 3.8) is 0 Å². The van der Waals surface area contributed by atoms with Gasteiger partial charge >= 0.3 is 0 Å². The molecule has 6 nitrogen and oxygen atoms in total. The molecular formula is C15H19N5O. The zero-order valence-corrected chi connectivity index (χ0v) is 11.8. The number of nitrogen functional groups attached to an aromatic ring is 1. The molecule has 6 heteroatoms. The number of hydrogen-bond donors (Lipinski definition) is 3. The van der Waals surface area contributed by atoms with Crippen LogP contribution in [0.2, 0.25) is 0 Å². The monoisotopic (exact) mass is 285 g/mol. The van der Waals surface area contributed by atoms with Crippen LogP contribution >= 0.6 is 0 Å². The number of nitrogens with one attached hydrogen (secondary N) is 2. The molecule has 2 aromatic rings. The normalized spacial score (nSPS) is 14.1. The first kappa shape index (κ1) is 13.6. The summed E-state index contributed by atoms with van der Waals surface area (Å²) in [6, 6.07) is 6.00. The number of fused-ring (bicyclic) bond motifs is 1. The minimum Gasteiger partial charge on any atom is -0.399 e. The molecule has 1 aliphatic rings. The molecule has 0 aliphatic heterocycles. The van der Waals surface area contributed by atoms with E-state index in [-0.39, 0.29) is 5.91 Å². The number of carbonyl (C=O) groups excluding carboxylic acids is 1. The summed E-state index contributed by atoms with van der Waals surface area (Å²) in [4.78, 5) is 20.0. The fraction of sp³-hybridized carbons (Fsp3) is 0.400. The van der Waals surface area contributed by atoms with Crippen LogP contribution in [0.1, 0.15) is 25.7 Å². The average Bonchev–Trinajstić information content (AvgIpc) is 3.27. The van der Waals surface area contributed by atoms with Gasteiger partial charge in [-0.15, -0.1) is 0 Å². The maximum absolute atomic E-state index is 11.6.